The second-order valence-corrected chi connectivity index (χ2v) is 8.10. The lowest BCUT2D eigenvalue weighted by Gasteiger charge is -2.22. The molecule has 7 nitrogen and oxygen atoms in total. The summed E-state index contributed by atoms with van der Waals surface area (Å²) in [7, 11) is -3.74. The number of nitrogens with zero attached hydrogens (tertiary/aromatic N) is 1. The van der Waals surface area contributed by atoms with Gasteiger partial charge < -0.3 is 14.6 Å². The highest BCUT2D eigenvalue weighted by Crippen LogP contribution is 2.17. The molecule has 3 rings (SSSR count). The molecular formula is C21H23N3O4S. The number of hydrogen-bond acceptors (Lipinski definition) is 5. The Morgan fingerprint density at radius 1 is 1.03 bits per heavy atom. The minimum atomic E-state index is -3.74. The van der Waals surface area contributed by atoms with Gasteiger partial charge in [0, 0.05) is 17.9 Å². The van der Waals surface area contributed by atoms with Crippen molar-refractivity contribution in [2.75, 3.05) is 23.3 Å². The molecule has 0 aliphatic carbocycles. The van der Waals surface area contributed by atoms with Crippen LogP contribution in [0.3, 0.4) is 0 Å². The molecule has 1 amide bonds. The zero-order chi connectivity index (χ0) is 20.7. The van der Waals surface area contributed by atoms with E-state index in [0.717, 1.165) is 5.69 Å². The standard InChI is InChI=1S/C21H23N3O4S/c1-2-24(18-9-4-3-5-10-18)16-21(25)23-17-8-6-12-20(14-17)29(26,27)22-15-19-11-7-13-28-19/h3-14,22H,2,15-16H2,1H3,(H,23,25). The van der Waals surface area contributed by atoms with Crippen LogP contribution in [0, 0.1) is 0 Å². The Labute approximate surface area is 170 Å². The van der Waals surface area contributed by atoms with E-state index in [4.69, 9.17) is 4.42 Å². The molecule has 8 heteroatoms. The molecule has 29 heavy (non-hydrogen) atoms. The third kappa shape index (κ3) is 5.69. The number of anilines is 2. The topological polar surface area (TPSA) is 91.7 Å². The van der Waals surface area contributed by atoms with Crippen molar-refractivity contribution in [2.45, 2.75) is 18.4 Å². The van der Waals surface area contributed by atoms with Crippen LogP contribution in [0.1, 0.15) is 12.7 Å². The van der Waals surface area contributed by atoms with E-state index in [-0.39, 0.29) is 23.9 Å². The van der Waals surface area contributed by atoms with Gasteiger partial charge in [0.25, 0.3) is 0 Å². The number of carbonyl (C=O) groups excluding carboxylic acids is 1. The predicted octanol–water partition coefficient (Wildman–Crippen LogP) is 3.22. The molecule has 1 aromatic heterocycles. The van der Waals surface area contributed by atoms with Crippen molar-refractivity contribution in [1.29, 1.82) is 0 Å². The molecule has 0 atom stereocenters. The fourth-order valence-corrected chi connectivity index (χ4v) is 3.84. The third-order valence-corrected chi connectivity index (χ3v) is 5.68. The zero-order valence-corrected chi connectivity index (χ0v) is 16.9. The molecular weight excluding hydrogens is 390 g/mol. The summed E-state index contributed by atoms with van der Waals surface area (Å²) < 4.78 is 32.6. The van der Waals surface area contributed by atoms with Gasteiger partial charge in [0.1, 0.15) is 5.76 Å². The minimum absolute atomic E-state index is 0.0501. The van der Waals surface area contributed by atoms with Crippen molar-refractivity contribution in [3.05, 3.63) is 78.8 Å². The summed E-state index contributed by atoms with van der Waals surface area (Å²) >= 11 is 0. The van der Waals surface area contributed by atoms with Gasteiger partial charge in [-0.15, -0.1) is 0 Å². The van der Waals surface area contributed by atoms with Gasteiger partial charge in [-0.3, -0.25) is 4.79 Å². The average Bonchev–Trinajstić information content (AvgIpc) is 3.25. The predicted molar refractivity (Wildman–Crippen MR) is 112 cm³/mol. The molecule has 2 N–H and O–H groups in total. The maximum atomic E-state index is 12.5. The second-order valence-electron chi connectivity index (χ2n) is 6.33. The first-order valence-electron chi connectivity index (χ1n) is 9.20. The van der Waals surface area contributed by atoms with Gasteiger partial charge in [0.15, 0.2) is 0 Å². The lowest BCUT2D eigenvalue weighted by molar-refractivity contribution is -0.115. The van der Waals surface area contributed by atoms with E-state index in [1.807, 2.05) is 42.2 Å². The molecule has 0 aliphatic rings. The Morgan fingerprint density at radius 2 is 1.83 bits per heavy atom. The first-order chi connectivity index (χ1) is 14.0. The second kappa shape index (κ2) is 9.40. The number of furan rings is 1. The van der Waals surface area contributed by atoms with Gasteiger partial charge in [-0.2, -0.15) is 0 Å². The van der Waals surface area contributed by atoms with E-state index in [2.05, 4.69) is 10.0 Å². The van der Waals surface area contributed by atoms with E-state index >= 15 is 0 Å². The molecule has 0 bridgehead atoms. The third-order valence-electron chi connectivity index (χ3n) is 4.28. The highest BCUT2D eigenvalue weighted by molar-refractivity contribution is 7.89. The number of benzene rings is 2. The van der Waals surface area contributed by atoms with E-state index in [1.165, 1.54) is 18.4 Å². The summed E-state index contributed by atoms with van der Waals surface area (Å²) in [5.41, 5.74) is 1.36. The van der Waals surface area contributed by atoms with Gasteiger partial charge in [-0.05, 0) is 49.4 Å². The summed E-state index contributed by atoms with van der Waals surface area (Å²) in [5, 5.41) is 2.77. The first-order valence-corrected chi connectivity index (χ1v) is 10.7. The fraction of sp³-hybridized carbons (Fsp3) is 0.190. The summed E-state index contributed by atoms with van der Waals surface area (Å²) in [5.74, 6) is 0.285. The van der Waals surface area contributed by atoms with Crippen LogP contribution in [0.2, 0.25) is 0 Å². The maximum Gasteiger partial charge on any atom is 0.243 e. The smallest absolute Gasteiger partial charge is 0.243 e. The summed E-state index contributed by atoms with van der Waals surface area (Å²) in [6.07, 6.45) is 1.48. The highest BCUT2D eigenvalue weighted by atomic mass is 32.2. The number of carbonyl (C=O) groups is 1. The van der Waals surface area contributed by atoms with Crippen LogP contribution in [0.4, 0.5) is 11.4 Å². The molecule has 0 saturated heterocycles. The largest absolute Gasteiger partial charge is 0.468 e. The van der Waals surface area contributed by atoms with Gasteiger partial charge in [0.2, 0.25) is 15.9 Å². The monoisotopic (exact) mass is 413 g/mol. The van der Waals surface area contributed by atoms with Gasteiger partial charge in [-0.1, -0.05) is 24.3 Å². The van der Waals surface area contributed by atoms with Gasteiger partial charge in [-0.25, -0.2) is 13.1 Å². The summed E-state index contributed by atoms with van der Waals surface area (Å²) in [4.78, 5) is 14.5. The number of likely N-dealkylation sites (N-methyl/N-ethyl adjacent to an activating group) is 1. The Hall–Kier alpha value is -3.10. The first kappa shape index (κ1) is 20.6. The van der Waals surface area contributed by atoms with Crippen molar-refractivity contribution >= 4 is 27.3 Å². The number of para-hydroxylation sites is 1. The summed E-state index contributed by atoms with van der Waals surface area (Å²) in [6.45, 7) is 2.85. The Balaban J connectivity index is 1.65. The molecule has 0 spiro atoms. The average molecular weight is 413 g/mol. The van der Waals surface area contributed by atoms with Crippen molar-refractivity contribution in [2.24, 2.45) is 0 Å². The van der Waals surface area contributed by atoms with Crippen molar-refractivity contribution in [3.63, 3.8) is 0 Å². The molecule has 0 fully saturated rings. The molecule has 152 valence electrons. The van der Waals surface area contributed by atoms with Crippen LogP contribution >= 0.6 is 0 Å². The Bertz CT molecular complexity index is 1030. The van der Waals surface area contributed by atoms with Gasteiger partial charge >= 0.3 is 0 Å². The Kier molecular flexibility index (Phi) is 6.69. The SMILES string of the molecule is CCN(CC(=O)Nc1cccc(S(=O)(=O)NCc2ccco2)c1)c1ccccc1. The van der Waals surface area contributed by atoms with Crippen molar-refractivity contribution < 1.29 is 17.6 Å². The lowest BCUT2D eigenvalue weighted by Crippen LogP contribution is -2.33. The van der Waals surface area contributed by atoms with Crippen LogP contribution < -0.4 is 14.9 Å². The summed E-state index contributed by atoms with van der Waals surface area (Å²) in [6, 6.07) is 19.2. The zero-order valence-electron chi connectivity index (χ0n) is 16.0. The quantitative estimate of drug-likeness (QED) is 0.562. The molecule has 0 radical (unpaired) electrons. The van der Waals surface area contributed by atoms with Gasteiger partial charge in [0.05, 0.1) is 24.2 Å². The van der Waals surface area contributed by atoms with E-state index in [9.17, 15) is 13.2 Å². The highest BCUT2D eigenvalue weighted by Gasteiger charge is 2.16. The van der Waals surface area contributed by atoms with Crippen LogP contribution in [0.25, 0.3) is 0 Å². The molecule has 1 heterocycles. The molecule has 0 saturated carbocycles. The van der Waals surface area contributed by atoms with Crippen molar-refractivity contribution in [3.8, 4) is 0 Å². The van der Waals surface area contributed by atoms with Crippen LogP contribution in [0.15, 0.2) is 82.3 Å². The number of rotatable bonds is 9. The fourth-order valence-electron chi connectivity index (χ4n) is 2.80. The molecule has 0 unspecified atom stereocenters. The maximum absolute atomic E-state index is 12.5. The number of nitrogens with one attached hydrogen (secondary N) is 2. The molecule has 3 aromatic rings. The lowest BCUT2D eigenvalue weighted by atomic mass is 10.2. The van der Waals surface area contributed by atoms with Crippen LogP contribution in [-0.2, 0) is 21.4 Å². The van der Waals surface area contributed by atoms with E-state index in [0.29, 0.717) is 18.0 Å². The molecule has 0 aliphatic heterocycles. The number of hydrogen-bond donors (Lipinski definition) is 2. The molecule has 2 aromatic carbocycles. The number of amides is 1. The normalized spacial score (nSPS) is 11.2. The van der Waals surface area contributed by atoms with Crippen LogP contribution in [0.5, 0.6) is 0 Å². The number of sulfonamides is 1. The van der Waals surface area contributed by atoms with E-state index < -0.39 is 10.0 Å². The minimum Gasteiger partial charge on any atom is -0.468 e. The van der Waals surface area contributed by atoms with Crippen molar-refractivity contribution in [1.82, 2.24) is 4.72 Å². The van der Waals surface area contributed by atoms with Crippen LogP contribution in [-0.4, -0.2) is 27.4 Å². The van der Waals surface area contributed by atoms with E-state index in [1.54, 1.807) is 24.3 Å². The Morgan fingerprint density at radius 3 is 2.52 bits per heavy atom.